The summed E-state index contributed by atoms with van der Waals surface area (Å²) in [4.78, 5) is 0. The maximum absolute atomic E-state index is 6.08. The quantitative estimate of drug-likeness (QED) is 0.767. The average molecular weight is 192 g/mol. The predicted molar refractivity (Wildman–Crippen MR) is 61.1 cm³/mol. The Kier molecular flexibility index (Phi) is 4.11. The molecule has 0 saturated heterocycles. The van der Waals surface area contributed by atoms with Crippen LogP contribution in [0.15, 0.2) is 18.2 Å². The third kappa shape index (κ3) is 2.82. The molecule has 1 atom stereocenters. The molecule has 0 heterocycles. The Balaban J connectivity index is 2.74. The molecular formula is C12H20N2. The fraction of sp³-hybridized carbons (Fsp3) is 0.500. The first kappa shape index (κ1) is 11.2. The van der Waals surface area contributed by atoms with Gasteiger partial charge >= 0.3 is 0 Å². The highest BCUT2D eigenvalue weighted by atomic mass is 14.6. The first-order valence-electron chi connectivity index (χ1n) is 5.18. The molecule has 78 valence electrons. The Bertz CT molecular complexity index is 294. The van der Waals surface area contributed by atoms with Crippen LogP contribution < -0.4 is 11.5 Å². The molecule has 0 saturated carbocycles. The van der Waals surface area contributed by atoms with Crippen molar-refractivity contribution in [1.29, 1.82) is 0 Å². The van der Waals surface area contributed by atoms with E-state index in [4.69, 9.17) is 11.5 Å². The zero-order valence-corrected chi connectivity index (χ0v) is 9.09. The number of rotatable bonds is 4. The molecule has 0 aromatic heterocycles. The standard InChI is InChI=1S/C12H20N2/c1-9-5-6-11(10(2)8-9)12(14)4-3-7-13/h5-6,8,12H,3-4,7,13-14H2,1-2H3/t12-/m0/s1. The maximum Gasteiger partial charge on any atom is 0.0297 e. The van der Waals surface area contributed by atoms with Crippen LogP contribution in [0.1, 0.15) is 35.6 Å². The van der Waals surface area contributed by atoms with Gasteiger partial charge in [-0.15, -0.1) is 0 Å². The molecule has 4 N–H and O–H groups in total. The molecule has 0 fully saturated rings. The maximum atomic E-state index is 6.08. The zero-order chi connectivity index (χ0) is 10.6. The van der Waals surface area contributed by atoms with Crippen molar-refractivity contribution < 1.29 is 0 Å². The molecule has 1 rings (SSSR count). The molecule has 0 radical (unpaired) electrons. The monoisotopic (exact) mass is 192 g/mol. The van der Waals surface area contributed by atoms with Crippen LogP contribution in [-0.2, 0) is 0 Å². The molecule has 14 heavy (non-hydrogen) atoms. The lowest BCUT2D eigenvalue weighted by Gasteiger charge is -2.14. The fourth-order valence-electron chi connectivity index (χ4n) is 1.73. The smallest absolute Gasteiger partial charge is 0.0297 e. The summed E-state index contributed by atoms with van der Waals surface area (Å²) in [5, 5.41) is 0. The number of hydrogen-bond donors (Lipinski definition) is 2. The van der Waals surface area contributed by atoms with Gasteiger partial charge in [0.05, 0.1) is 0 Å². The topological polar surface area (TPSA) is 52.0 Å². The van der Waals surface area contributed by atoms with Gasteiger partial charge in [-0.1, -0.05) is 23.8 Å². The van der Waals surface area contributed by atoms with Gasteiger partial charge in [0.2, 0.25) is 0 Å². The highest BCUT2D eigenvalue weighted by Gasteiger charge is 2.07. The largest absolute Gasteiger partial charge is 0.330 e. The zero-order valence-electron chi connectivity index (χ0n) is 9.09. The predicted octanol–water partition coefficient (Wildman–Crippen LogP) is 2.04. The van der Waals surface area contributed by atoms with Gasteiger partial charge in [0.15, 0.2) is 0 Å². The minimum atomic E-state index is 0.138. The van der Waals surface area contributed by atoms with Crippen molar-refractivity contribution in [3.05, 3.63) is 34.9 Å². The summed E-state index contributed by atoms with van der Waals surface area (Å²) < 4.78 is 0. The van der Waals surface area contributed by atoms with Crippen LogP contribution in [0, 0.1) is 13.8 Å². The van der Waals surface area contributed by atoms with Crippen LogP contribution in [-0.4, -0.2) is 6.54 Å². The molecule has 0 bridgehead atoms. The molecule has 0 aliphatic heterocycles. The first-order valence-corrected chi connectivity index (χ1v) is 5.18. The van der Waals surface area contributed by atoms with Crippen LogP contribution in [0.3, 0.4) is 0 Å². The molecule has 0 amide bonds. The van der Waals surface area contributed by atoms with Crippen LogP contribution in [0.5, 0.6) is 0 Å². The fourth-order valence-corrected chi connectivity index (χ4v) is 1.73. The highest BCUT2D eigenvalue weighted by Crippen LogP contribution is 2.20. The molecular weight excluding hydrogens is 172 g/mol. The van der Waals surface area contributed by atoms with Crippen LogP contribution >= 0.6 is 0 Å². The number of nitrogens with two attached hydrogens (primary N) is 2. The molecule has 1 aromatic rings. The second-order valence-corrected chi connectivity index (χ2v) is 3.90. The van der Waals surface area contributed by atoms with Gasteiger partial charge in [-0.2, -0.15) is 0 Å². The first-order chi connectivity index (χ1) is 6.65. The third-order valence-electron chi connectivity index (χ3n) is 2.54. The lowest BCUT2D eigenvalue weighted by Crippen LogP contribution is -2.13. The van der Waals surface area contributed by atoms with Gasteiger partial charge in [-0.25, -0.2) is 0 Å². The van der Waals surface area contributed by atoms with E-state index in [-0.39, 0.29) is 6.04 Å². The van der Waals surface area contributed by atoms with Crippen molar-refractivity contribution in [1.82, 2.24) is 0 Å². The van der Waals surface area contributed by atoms with Gasteiger partial charge in [-0.3, -0.25) is 0 Å². The Labute approximate surface area is 86.3 Å². The van der Waals surface area contributed by atoms with E-state index in [0.717, 1.165) is 19.4 Å². The van der Waals surface area contributed by atoms with Gasteiger partial charge in [0.25, 0.3) is 0 Å². The summed E-state index contributed by atoms with van der Waals surface area (Å²) in [5.41, 5.74) is 15.4. The van der Waals surface area contributed by atoms with Crippen molar-refractivity contribution in [3.8, 4) is 0 Å². The Morgan fingerprint density at radius 3 is 2.57 bits per heavy atom. The van der Waals surface area contributed by atoms with Gasteiger partial charge in [-0.05, 0) is 44.4 Å². The molecule has 0 aliphatic carbocycles. The molecule has 2 nitrogen and oxygen atoms in total. The van der Waals surface area contributed by atoms with E-state index in [1.54, 1.807) is 0 Å². The molecule has 0 spiro atoms. The van der Waals surface area contributed by atoms with Crippen molar-refractivity contribution in [2.24, 2.45) is 11.5 Å². The van der Waals surface area contributed by atoms with Crippen molar-refractivity contribution in [2.45, 2.75) is 32.7 Å². The Morgan fingerprint density at radius 2 is 2.00 bits per heavy atom. The number of hydrogen-bond acceptors (Lipinski definition) is 2. The van der Waals surface area contributed by atoms with Crippen molar-refractivity contribution >= 4 is 0 Å². The van der Waals surface area contributed by atoms with E-state index in [1.807, 2.05) is 0 Å². The molecule has 1 aromatic carbocycles. The second-order valence-electron chi connectivity index (χ2n) is 3.90. The normalized spacial score (nSPS) is 12.9. The minimum absolute atomic E-state index is 0.138. The lowest BCUT2D eigenvalue weighted by molar-refractivity contribution is 0.615. The van der Waals surface area contributed by atoms with E-state index in [1.165, 1.54) is 16.7 Å². The average Bonchev–Trinajstić information content (AvgIpc) is 2.14. The highest BCUT2D eigenvalue weighted by molar-refractivity contribution is 5.32. The minimum Gasteiger partial charge on any atom is -0.330 e. The van der Waals surface area contributed by atoms with Gasteiger partial charge < -0.3 is 11.5 Å². The van der Waals surface area contributed by atoms with E-state index in [9.17, 15) is 0 Å². The van der Waals surface area contributed by atoms with Crippen molar-refractivity contribution in [3.63, 3.8) is 0 Å². The summed E-state index contributed by atoms with van der Waals surface area (Å²) in [6.45, 7) is 4.94. The van der Waals surface area contributed by atoms with Gasteiger partial charge in [0, 0.05) is 6.04 Å². The summed E-state index contributed by atoms with van der Waals surface area (Å²) in [7, 11) is 0. The van der Waals surface area contributed by atoms with Crippen LogP contribution in [0.25, 0.3) is 0 Å². The van der Waals surface area contributed by atoms with E-state index < -0.39 is 0 Å². The van der Waals surface area contributed by atoms with Crippen LogP contribution in [0.4, 0.5) is 0 Å². The molecule has 2 heteroatoms. The Morgan fingerprint density at radius 1 is 1.29 bits per heavy atom. The van der Waals surface area contributed by atoms with E-state index >= 15 is 0 Å². The lowest BCUT2D eigenvalue weighted by atomic mass is 9.97. The summed E-state index contributed by atoms with van der Waals surface area (Å²) in [6.07, 6.45) is 1.97. The Hall–Kier alpha value is -0.860. The summed E-state index contributed by atoms with van der Waals surface area (Å²) >= 11 is 0. The van der Waals surface area contributed by atoms with E-state index in [0.29, 0.717) is 0 Å². The summed E-state index contributed by atoms with van der Waals surface area (Å²) in [5.74, 6) is 0. The van der Waals surface area contributed by atoms with Crippen LogP contribution in [0.2, 0.25) is 0 Å². The number of aryl methyl sites for hydroxylation is 2. The summed E-state index contributed by atoms with van der Waals surface area (Å²) in [6, 6.07) is 6.56. The van der Waals surface area contributed by atoms with Crippen molar-refractivity contribution in [2.75, 3.05) is 6.54 Å². The van der Waals surface area contributed by atoms with Gasteiger partial charge in [0.1, 0.15) is 0 Å². The second kappa shape index (κ2) is 5.13. The SMILES string of the molecule is Cc1ccc([C@@H](N)CCCN)c(C)c1. The molecule has 0 aliphatic rings. The van der Waals surface area contributed by atoms with E-state index in [2.05, 4.69) is 32.0 Å². The third-order valence-corrected chi connectivity index (χ3v) is 2.54. The molecule has 0 unspecified atom stereocenters. The number of benzene rings is 1.